The molecule has 19 heavy (non-hydrogen) atoms. The maximum Gasteiger partial charge on any atom is 0.139 e. The van der Waals surface area contributed by atoms with Crippen LogP contribution in [0.25, 0.3) is 10.9 Å². The van der Waals surface area contributed by atoms with Crippen molar-refractivity contribution in [3.63, 3.8) is 0 Å². The number of nitrogen functional groups attached to an aromatic ring is 1. The number of anilines is 2. The summed E-state index contributed by atoms with van der Waals surface area (Å²) in [5.41, 5.74) is 7.36. The quantitative estimate of drug-likeness (QED) is 0.797. The number of rotatable bonds is 2. The van der Waals surface area contributed by atoms with E-state index in [1.165, 1.54) is 0 Å². The third kappa shape index (κ3) is 2.21. The summed E-state index contributed by atoms with van der Waals surface area (Å²) in [4.78, 5) is 10.9. The molecule has 1 aromatic heterocycles. The number of hydrogen-bond acceptors (Lipinski definition) is 5. The Bertz CT molecular complexity index is 599. The number of aromatic nitrogens is 2. The van der Waals surface area contributed by atoms with Gasteiger partial charge in [0, 0.05) is 30.1 Å². The lowest BCUT2D eigenvalue weighted by atomic mass is 10.0. The maximum atomic E-state index is 9.69. The number of hydrogen-bond donors (Lipinski definition) is 2. The van der Waals surface area contributed by atoms with Crippen molar-refractivity contribution in [3.8, 4) is 0 Å². The molecule has 1 saturated heterocycles. The summed E-state index contributed by atoms with van der Waals surface area (Å²) in [5.74, 6) is 1.26. The van der Waals surface area contributed by atoms with Gasteiger partial charge in [-0.1, -0.05) is 0 Å². The van der Waals surface area contributed by atoms with Crippen LogP contribution < -0.4 is 10.6 Å². The lowest BCUT2D eigenvalue weighted by Gasteiger charge is -2.20. The van der Waals surface area contributed by atoms with Crippen molar-refractivity contribution in [2.24, 2.45) is 5.92 Å². The standard InChI is InChI=1S/C14H18N4O/c1-9(19)10-4-5-18(7-10)14-12-3-2-11(15)6-13(12)16-8-17-14/h2-3,6,8-10,19H,4-5,7,15H2,1H3. The van der Waals surface area contributed by atoms with Gasteiger partial charge < -0.3 is 15.7 Å². The van der Waals surface area contributed by atoms with E-state index in [9.17, 15) is 5.11 Å². The monoisotopic (exact) mass is 258 g/mol. The van der Waals surface area contributed by atoms with E-state index in [2.05, 4.69) is 14.9 Å². The summed E-state index contributed by atoms with van der Waals surface area (Å²) >= 11 is 0. The smallest absolute Gasteiger partial charge is 0.139 e. The van der Waals surface area contributed by atoms with Crippen LogP contribution in [-0.2, 0) is 0 Å². The summed E-state index contributed by atoms with van der Waals surface area (Å²) in [5, 5.41) is 10.7. The van der Waals surface area contributed by atoms with Gasteiger partial charge in [0.1, 0.15) is 12.1 Å². The zero-order chi connectivity index (χ0) is 13.4. The molecule has 3 N–H and O–H groups in total. The lowest BCUT2D eigenvalue weighted by Crippen LogP contribution is -2.24. The van der Waals surface area contributed by atoms with Crippen LogP contribution in [0.1, 0.15) is 13.3 Å². The highest BCUT2D eigenvalue weighted by Crippen LogP contribution is 2.29. The van der Waals surface area contributed by atoms with Crippen LogP contribution >= 0.6 is 0 Å². The predicted octanol–water partition coefficient (Wildman–Crippen LogP) is 1.42. The molecule has 0 saturated carbocycles. The fourth-order valence-corrected chi connectivity index (χ4v) is 2.69. The number of aliphatic hydroxyl groups is 1. The molecular weight excluding hydrogens is 240 g/mol. The van der Waals surface area contributed by atoms with Crippen molar-refractivity contribution in [1.82, 2.24) is 9.97 Å². The maximum absolute atomic E-state index is 9.69. The average Bonchev–Trinajstić information content (AvgIpc) is 2.87. The van der Waals surface area contributed by atoms with E-state index in [-0.39, 0.29) is 6.10 Å². The van der Waals surface area contributed by atoms with Gasteiger partial charge in [0.2, 0.25) is 0 Å². The van der Waals surface area contributed by atoms with Crippen molar-refractivity contribution in [2.45, 2.75) is 19.4 Å². The molecule has 1 aromatic carbocycles. The van der Waals surface area contributed by atoms with Crippen molar-refractivity contribution in [2.75, 3.05) is 23.7 Å². The molecule has 2 aromatic rings. The summed E-state index contributed by atoms with van der Waals surface area (Å²) in [6.07, 6.45) is 2.30. The molecule has 5 nitrogen and oxygen atoms in total. The Morgan fingerprint density at radius 3 is 3.00 bits per heavy atom. The van der Waals surface area contributed by atoms with Gasteiger partial charge in [-0.3, -0.25) is 0 Å². The molecule has 2 heterocycles. The molecule has 5 heteroatoms. The largest absolute Gasteiger partial charge is 0.399 e. The summed E-state index contributed by atoms with van der Waals surface area (Å²) in [6.45, 7) is 3.62. The first-order valence-electron chi connectivity index (χ1n) is 6.58. The van der Waals surface area contributed by atoms with Crippen molar-refractivity contribution in [1.29, 1.82) is 0 Å². The molecule has 100 valence electrons. The van der Waals surface area contributed by atoms with Crippen LogP contribution in [0.4, 0.5) is 11.5 Å². The van der Waals surface area contributed by atoms with Gasteiger partial charge in [-0.15, -0.1) is 0 Å². The van der Waals surface area contributed by atoms with E-state index < -0.39 is 0 Å². The lowest BCUT2D eigenvalue weighted by molar-refractivity contribution is 0.136. The topological polar surface area (TPSA) is 75.3 Å². The fraction of sp³-hybridized carbons (Fsp3) is 0.429. The zero-order valence-electron chi connectivity index (χ0n) is 11.0. The van der Waals surface area contributed by atoms with E-state index in [1.54, 1.807) is 6.33 Å². The van der Waals surface area contributed by atoms with Crippen molar-refractivity contribution >= 4 is 22.4 Å². The predicted molar refractivity (Wildman–Crippen MR) is 76.0 cm³/mol. The Morgan fingerprint density at radius 1 is 1.42 bits per heavy atom. The third-order valence-electron chi connectivity index (χ3n) is 3.85. The highest BCUT2D eigenvalue weighted by molar-refractivity contribution is 5.91. The number of nitrogens with zero attached hydrogens (tertiary/aromatic N) is 3. The first-order valence-corrected chi connectivity index (χ1v) is 6.58. The van der Waals surface area contributed by atoms with E-state index >= 15 is 0 Å². The normalized spacial score (nSPS) is 20.9. The summed E-state index contributed by atoms with van der Waals surface area (Å²) < 4.78 is 0. The van der Waals surface area contributed by atoms with Crippen LogP contribution in [0.3, 0.4) is 0 Å². The van der Waals surface area contributed by atoms with Gasteiger partial charge in [0.15, 0.2) is 0 Å². The van der Waals surface area contributed by atoms with Crippen LogP contribution in [0.2, 0.25) is 0 Å². The third-order valence-corrected chi connectivity index (χ3v) is 3.85. The number of fused-ring (bicyclic) bond motifs is 1. The van der Waals surface area contributed by atoms with E-state index in [1.807, 2.05) is 25.1 Å². The second kappa shape index (κ2) is 4.66. The molecule has 0 spiro atoms. The average molecular weight is 258 g/mol. The van der Waals surface area contributed by atoms with E-state index in [4.69, 9.17) is 5.73 Å². The first-order chi connectivity index (χ1) is 9.15. The second-order valence-electron chi connectivity index (χ2n) is 5.21. The van der Waals surface area contributed by atoms with Gasteiger partial charge in [-0.25, -0.2) is 9.97 Å². The molecular formula is C14H18N4O. The Kier molecular flexibility index (Phi) is 2.98. The number of aliphatic hydroxyl groups excluding tert-OH is 1. The Hall–Kier alpha value is -1.88. The first kappa shape index (κ1) is 12.2. The van der Waals surface area contributed by atoms with E-state index in [0.717, 1.165) is 36.2 Å². The summed E-state index contributed by atoms with van der Waals surface area (Å²) in [6, 6.07) is 5.70. The highest BCUT2D eigenvalue weighted by Gasteiger charge is 2.27. The summed E-state index contributed by atoms with van der Waals surface area (Å²) in [7, 11) is 0. The van der Waals surface area contributed by atoms with Crippen LogP contribution in [0.5, 0.6) is 0 Å². The molecule has 1 aliphatic rings. The molecule has 0 aliphatic carbocycles. The molecule has 3 rings (SSSR count). The van der Waals surface area contributed by atoms with Gasteiger partial charge in [-0.2, -0.15) is 0 Å². The molecule has 1 fully saturated rings. The highest BCUT2D eigenvalue weighted by atomic mass is 16.3. The Labute approximate surface area is 112 Å². The van der Waals surface area contributed by atoms with Gasteiger partial charge >= 0.3 is 0 Å². The van der Waals surface area contributed by atoms with Crippen LogP contribution in [0, 0.1) is 5.92 Å². The zero-order valence-corrected chi connectivity index (χ0v) is 11.0. The minimum Gasteiger partial charge on any atom is -0.399 e. The molecule has 1 aliphatic heterocycles. The van der Waals surface area contributed by atoms with Crippen LogP contribution in [-0.4, -0.2) is 34.3 Å². The molecule has 2 atom stereocenters. The van der Waals surface area contributed by atoms with Crippen molar-refractivity contribution in [3.05, 3.63) is 24.5 Å². The Morgan fingerprint density at radius 2 is 2.26 bits per heavy atom. The SMILES string of the molecule is CC(O)C1CCN(c2ncnc3cc(N)ccc23)C1. The Balaban J connectivity index is 1.97. The molecule has 0 bridgehead atoms. The van der Waals surface area contributed by atoms with E-state index in [0.29, 0.717) is 11.6 Å². The van der Waals surface area contributed by atoms with Gasteiger partial charge in [-0.05, 0) is 31.5 Å². The minimum atomic E-state index is -0.270. The molecule has 2 unspecified atom stereocenters. The number of nitrogens with two attached hydrogens (primary N) is 1. The minimum absolute atomic E-state index is 0.270. The van der Waals surface area contributed by atoms with Crippen molar-refractivity contribution < 1.29 is 5.11 Å². The molecule has 0 amide bonds. The van der Waals surface area contributed by atoms with Gasteiger partial charge in [0.25, 0.3) is 0 Å². The fourth-order valence-electron chi connectivity index (χ4n) is 2.69. The van der Waals surface area contributed by atoms with Crippen LogP contribution in [0.15, 0.2) is 24.5 Å². The number of benzene rings is 1. The van der Waals surface area contributed by atoms with Gasteiger partial charge in [0.05, 0.1) is 11.6 Å². The molecule has 0 radical (unpaired) electrons. The second-order valence-corrected chi connectivity index (χ2v) is 5.21.